The topological polar surface area (TPSA) is 106 Å². The lowest BCUT2D eigenvalue weighted by Gasteiger charge is -2.09. The number of rotatable bonds is 6. The van der Waals surface area contributed by atoms with Gasteiger partial charge in [0.15, 0.2) is 0 Å². The number of hydrogen-bond donors (Lipinski definition) is 2. The number of hydrogen-bond acceptors (Lipinski definition) is 6. The lowest BCUT2D eigenvalue weighted by atomic mass is 10.1. The van der Waals surface area contributed by atoms with E-state index in [0.717, 1.165) is 5.56 Å². The summed E-state index contributed by atoms with van der Waals surface area (Å²) in [6.07, 6.45) is 1.28. The average Bonchev–Trinajstić information content (AvgIpc) is 2.80. The van der Waals surface area contributed by atoms with Gasteiger partial charge in [0.05, 0.1) is 24.6 Å². The van der Waals surface area contributed by atoms with Crippen LogP contribution < -0.4 is 20.2 Å². The third-order valence-corrected chi connectivity index (χ3v) is 4.85. The van der Waals surface area contributed by atoms with Crippen LogP contribution >= 0.6 is 15.9 Å². The zero-order chi connectivity index (χ0) is 23.8. The van der Waals surface area contributed by atoms with E-state index >= 15 is 0 Å². The highest BCUT2D eigenvalue weighted by molar-refractivity contribution is 9.10. The number of benzene rings is 3. The molecule has 0 aliphatic carbocycles. The first kappa shape index (κ1) is 23.7. The number of hydrazone groups is 1. The number of carbonyl (C=O) groups is 3. The van der Waals surface area contributed by atoms with Crippen molar-refractivity contribution in [1.82, 2.24) is 5.43 Å². The predicted molar refractivity (Wildman–Crippen MR) is 128 cm³/mol. The summed E-state index contributed by atoms with van der Waals surface area (Å²) in [6.45, 7) is 1.88. The minimum atomic E-state index is -0.981. The fourth-order valence-electron chi connectivity index (χ4n) is 2.78. The summed E-state index contributed by atoms with van der Waals surface area (Å²) in [5, 5.41) is 6.27. The van der Waals surface area contributed by atoms with E-state index in [1.54, 1.807) is 60.7 Å². The first-order valence-electron chi connectivity index (χ1n) is 9.73. The Labute approximate surface area is 198 Å². The summed E-state index contributed by atoms with van der Waals surface area (Å²) in [7, 11) is 1.46. The van der Waals surface area contributed by atoms with Crippen LogP contribution in [0.4, 0.5) is 5.69 Å². The zero-order valence-corrected chi connectivity index (χ0v) is 19.4. The molecule has 9 heteroatoms. The molecule has 2 N–H and O–H groups in total. The first-order chi connectivity index (χ1) is 15.9. The quantitative estimate of drug-likeness (QED) is 0.171. The second-order valence-electron chi connectivity index (χ2n) is 6.79. The lowest BCUT2D eigenvalue weighted by molar-refractivity contribution is -0.136. The monoisotopic (exact) mass is 509 g/mol. The molecule has 0 saturated carbocycles. The number of methoxy groups -OCH3 is 1. The van der Waals surface area contributed by atoms with Gasteiger partial charge in [-0.3, -0.25) is 9.59 Å². The molecule has 2 amide bonds. The SMILES string of the molecule is COc1ccccc1NC(=O)C(=O)NN=Cc1cc(Br)ccc1OC(=O)c1cccc(C)c1. The van der Waals surface area contributed by atoms with Crippen molar-refractivity contribution >= 4 is 45.6 Å². The summed E-state index contributed by atoms with van der Waals surface area (Å²) >= 11 is 3.35. The van der Waals surface area contributed by atoms with Gasteiger partial charge in [-0.15, -0.1) is 0 Å². The summed E-state index contributed by atoms with van der Waals surface area (Å²) in [5.41, 5.74) is 4.24. The number of para-hydroxylation sites is 2. The maximum absolute atomic E-state index is 12.5. The Kier molecular flexibility index (Phi) is 7.93. The van der Waals surface area contributed by atoms with Crippen LogP contribution in [-0.2, 0) is 9.59 Å². The van der Waals surface area contributed by atoms with Crippen LogP contribution in [0.1, 0.15) is 21.5 Å². The number of esters is 1. The average molecular weight is 510 g/mol. The maximum Gasteiger partial charge on any atom is 0.343 e. The van der Waals surface area contributed by atoms with E-state index in [1.165, 1.54) is 13.3 Å². The Morgan fingerprint density at radius 1 is 0.939 bits per heavy atom. The molecule has 0 spiro atoms. The van der Waals surface area contributed by atoms with Crippen LogP contribution in [0.25, 0.3) is 0 Å². The number of anilines is 1. The molecule has 33 heavy (non-hydrogen) atoms. The molecule has 0 atom stereocenters. The largest absolute Gasteiger partial charge is 0.495 e. The van der Waals surface area contributed by atoms with Crippen LogP contribution in [0, 0.1) is 6.92 Å². The molecule has 168 valence electrons. The van der Waals surface area contributed by atoms with E-state index in [0.29, 0.717) is 27.0 Å². The third-order valence-electron chi connectivity index (χ3n) is 4.36. The molecular weight excluding hydrogens is 490 g/mol. The van der Waals surface area contributed by atoms with Gasteiger partial charge in [-0.25, -0.2) is 10.2 Å². The number of halogens is 1. The summed E-state index contributed by atoms with van der Waals surface area (Å²) in [6, 6.07) is 18.7. The van der Waals surface area contributed by atoms with Crippen molar-refractivity contribution in [2.45, 2.75) is 6.92 Å². The maximum atomic E-state index is 12.5. The van der Waals surface area contributed by atoms with Gasteiger partial charge in [0.2, 0.25) is 0 Å². The molecule has 0 aliphatic rings. The number of nitrogens with zero attached hydrogens (tertiary/aromatic N) is 1. The Hall–Kier alpha value is -3.98. The van der Waals surface area contributed by atoms with Gasteiger partial charge in [0, 0.05) is 10.0 Å². The lowest BCUT2D eigenvalue weighted by Crippen LogP contribution is -2.32. The molecule has 3 rings (SSSR count). The standard InChI is InChI=1S/C24H20BrN3O5/c1-15-6-5-7-16(12-15)24(31)33-20-11-10-18(25)13-17(20)14-26-28-23(30)22(29)27-19-8-3-4-9-21(19)32-2/h3-14H,1-2H3,(H,27,29)(H,28,30). The van der Waals surface area contributed by atoms with Crippen molar-refractivity contribution in [1.29, 1.82) is 0 Å². The van der Waals surface area contributed by atoms with Crippen molar-refractivity contribution in [2.75, 3.05) is 12.4 Å². The molecule has 8 nitrogen and oxygen atoms in total. The molecule has 0 heterocycles. The molecule has 0 bridgehead atoms. The highest BCUT2D eigenvalue weighted by atomic mass is 79.9. The summed E-state index contributed by atoms with van der Waals surface area (Å²) in [5.74, 6) is -1.78. The van der Waals surface area contributed by atoms with E-state index in [4.69, 9.17) is 9.47 Å². The molecule has 0 fully saturated rings. The predicted octanol–water partition coefficient (Wildman–Crippen LogP) is 4.07. The highest BCUT2D eigenvalue weighted by Gasteiger charge is 2.15. The second kappa shape index (κ2) is 11.1. The van der Waals surface area contributed by atoms with Gasteiger partial charge in [-0.1, -0.05) is 45.8 Å². The second-order valence-corrected chi connectivity index (χ2v) is 7.71. The van der Waals surface area contributed by atoms with E-state index in [2.05, 4.69) is 31.8 Å². The van der Waals surface area contributed by atoms with Gasteiger partial charge in [0.25, 0.3) is 0 Å². The number of ether oxygens (including phenoxy) is 2. The molecule has 0 saturated heterocycles. The fraction of sp³-hybridized carbons (Fsp3) is 0.0833. The van der Waals surface area contributed by atoms with Gasteiger partial charge in [0.1, 0.15) is 11.5 Å². The fourth-order valence-corrected chi connectivity index (χ4v) is 3.16. The molecular formula is C24H20BrN3O5. The Balaban J connectivity index is 1.68. The van der Waals surface area contributed by atoms with E-state index < -0.39 is 17.8 Å². The third kappa shape index (κ3) is 6.50. The smallest absolute Gasteiger partial charge is 0.343 e. The molecule has 0 aliphatic heterocycles. The van der Waals surface area contributed by atoms with E-state index in [-0.39, 0.29) is 5.75 Å². The van der Waals surface area contributed by atoms with Crippen LogP contribution in [0.3, 0.4) is 0 Å². The van der Waals surface area contributed by atoms with Crippen molar-refractivity contribution in [3.8, 4) is 11.5 Å². The zero-order valence-electron chi connectivity index (χ0n) is 17.8. The molecule has 0 radical (unpaired) electrons. The molecule has 3 aromatic carbocycles. The van der Waals surface area contributed by atoms with Gasteiger partial charge in [-0.05, 0) is 49.4 Å². The summed E-state index contributed by atoms with van der Waals surface area (Å²) < 4.78 is 11.3. The molecule has 0 unspecified atom stereocenters. The number of aryl methyl sites for hydroxylation is 1. The summed E-state index contributed by atoms with van der Waals surface area (Å²) in [4.78, 5) is 36.7. The first-order valence-corrected chi connectivity index (χ1v) is 10.5. The minimum absolute atomic E-state index is 0.237. The number of amides is 2. The van der Waals surface area contributed by atoms with Crippen LogP contribution in [0.15, 0.2) is 76.3 Å². The van der Waals surface area contributed by atoms with Gasteiger partial charge < -0.3 is 14.8 Å². The number of carbonyl (C=O) groups excluding carboxylic acids is 3. The molecule has 0 aromatic heterocycles. The minimum Gasteiger partial charge on any atom is -0.495 e. The normalized spacial score (nSPS) is 10.5. The number of nitrogens with one attached hydrogen (secondary N) is 2. The Bertz CT molecular complexity index is 1230. The van der Waals surface area contributed by atoms with Gasteiger partial charge >= 0.3 is 17.8 Å². The van der Waals surface area contributed by atoms with Crippen molar-refractivity contribution in [2.24, 2.45) is 5.10 Å². The Morgan fingerprint density at radius 2 is 1.73 bits per heavy atom. The highest BCUT2D eigenvalue weighted by Crippen LogP contribution is 2.24. The van der Waals surface area contributed by atoms with Crippen molar-refractivity contribution in [3.63, 3.8) is 0 Å². The van der Waals surface area contributed by atoms with Crippen molar-refractivity contribution < 1.29 is 23.9 Å². The van der Waals surface area contributed by atoms with Crippen LogP contribution in [0.2, 0.25) is 0 Å². The molecule has 3 aromatic rings. The Morgan fingerprint density at radius 3 is 2.48 bits per heavy atom. The van der Waals surface area contributed by atoms with Crippen LogP contribution in [0.5, 0.6) is 11.5 Å². The van der Waals surface area contributed by atoms with E-state index in [9.17, 15) is 14.4 Å². The van der Waals surface area contributed by atoms with Crippen molar-refractivity contribution in [3.05, 3.63) is 87.9 Å². The van der Waals surface area contributed by atoms with Crippen LogP contribution in [-0.4, -0.2) is 31.1 Å². The van der Waals surface area contributed by atoms with Gasteiger partial charge in [-0.2, -0.15) is 5.10 Å². The van der Waals surface area contributed by atoms with E-state index in [1.807, 2.05) is 13.0 Å².